The number of benzene rings is 1. The van der Waals surface area contributed by atoms with Crippen molar-refractivity contribution in [3.63, 3.8) is 0 Å². The number of ether oxygens (including phenoxy) is 2. The van der Waals surface area contributed by atoms with Crippen molar-refractivity contribution >= 4 is 11.2 Å². The van der Waals surface area contributed by atoms with Gasteiger partial charge in [0.2, 0.25) is 0 Å². The molecule has 0 aliphatic rings. The van der Waals surface area contributed by atoms with Crippen LogP contribution in [-0.2, 0) is 0 Å². The van der Waals surface area contributed by atoms with Crippen molar-refractivity contribution in [1.29, 1.82) is 0 Å². The average molecular weight is 313 g/mol. The molecule has 2 heterocycles. The molecule has 0 fully saturated rings. The summed E-state index contributed by atoms with van der Waals surface area (Å²) in [5.41, 5.74) is 0.484. The highest BCUT2D eigenvalue weighted by atomic mass is 16.5. The maximum Gasteiger partial charge on any atom is 0.337 e. The predicted molar refractivity (Wildman–Crippen MR) is 83.5 cm³/mol. The first-order chi connectivity index (χ1) is 11.2. The summed E-state index contributed by atoms with van der Waals surface area (Å²) in [5.74, 6) is 1.00. The van der Waals surface area contributed by atoms with Gasteiger partial charge in [0.1, 0.15) is 11.6 Å². The number of nitrogens with one attached hydrogen (secondary N) is 1. The minimum absolute atomic E-state index is 0.0528. The predicted octanol–water partition coefficient (Wildman–Crippen LogP) is 1.57. The molecule has 23 heavy (non-hydrogen) atoms. The number of hydrogen-bond acceptors (Lipinski definition) is 7. The largest absolute Gasteiger partial charge is 0.493 e. The van der Waals surface area contributed by atoms with Crippen LogP contribution >= 0.6 is 0 Å². The van der Waals surface area contributed by atoms with E-state index in [1.807, 2.05) is 31.2 Å². The Morgan fingerprint density at radius 1 is 1.17 bits per heavy atom. The summed E-state index contributed by atoms with van der Waals surface area (Å²) in [6.07, 6.45) is 0.879. The first-order valence-corrected chi connectivity index (χ1v) is 7.14. The molecule has 0 atom stereocenters. The van der Waals surface area contributed by atoms with E-state index < -0.39 is 5.56 Å². The van der Waals surface area contributed by atoms with E-state index in [1.54, 1.807) is 0 Å². The van der Waals surface area contributed by atoms with Crippen molar-refractivity contribution in [2.75, 3.05) is 13.7 Å². The van der Waals surface area contributed by atoms with Crippen LogP contribution in [-0.4, -0.2) is 38.9 Å². The zero-order valence-corrected chi connectivity index (χ0v) is 12.7. The molecule has 3 rings (SSSR count). The van der Waals surface area contributed by atoms with Crippen molar-refractivity contribution in [2.45, 2.75) is 13.3 Å². The average Bonchev–Trinajstić information content (AvgIpc) is 2.59. The van der Waals surface area contributed by atoms with Crippen LogP contribution in [0.3, 0.4) is 0 Å². The maximum absolute atomic E-state index is 12.2. The molecular formula is C15H15N5O3. The van der Waals surface area contributed by atoms with Crippen LogP contribution in [0.15, 0.2) is 29.1 Å². The Balaban J connectivity index is 2.15. The van der Waals surface area contributed by atoms with Crippen molar-refractivity contribution in [3.8, 4) is 23.1 Å². The first kappa shape index (κ1) is 14.9. The Morgan fingerprint density at radius 3 is 2.78 bits per heavy atom. The van der Waals surface area contributed by atoms with Gasteiger partial charge in [0.15, 0.2) is 11.2 Å². The number of fused-ring (bicyclic) bond motifs is 1. The van der Waals surface area contributed by atoms with Gasteiger partial charge in [-0.25, -0.2) is 4.98 Å². The van der Waals surface area contributed by atoms with Gasteiger partial charge in [-0.05, 0) is 18.6 Å². The third-order valence-electron chi connectivity index (χ3n) is 3.10. The molecule has 1 aromatic carbocycles. The van der Waals surface area contributed by atoms with Gasteiger partial charge < -0.3 is 14.5 Å². The SMILES string of the molecule is CCCOc1ccccc1-c1nc2nc(OC)nnc2c(=O)[nH]1. The highest BCUT2D eigenvalue weighted by Crippen LogP contribution is 2.27. The van der Waals surface area contributed by atoms with Crippen LogP contribution in [0, 0.1) is 0 Å². The summed E-state index contributed by atoms with van der Waals surface area (Å²) in [6.45, 7) is 2.60. The zero-order valence-electron chi connectivity index (χ0n) is 12.7. The fourth-order valence-corrected chi connectivity index (χ4v) is 2.04. The van der Waals surface area contributed by atoms with Gasteiger partial charge in [-0.2, -0.15) is 4.98 Å². The van der Waals surface area contributed by atoms with E-state index in [0.717, 1.165) is 6.42 Å². The lowest BCUT2D eigenvalue weighted by atomic mass is 10.2. The molecule has 3 aromatic rings. The fraction of sp³-hybridized carbons (Fsp3) is 0.267. The van der Waals surface area contributed by atoms with Crippen LogP contribution in [0.25, 0.3) is 22.6 Å². The molecule has 0 unspecified atom stereocenters. The Kier molecular flexibility index (Phi) is 4.13. The Labute approximate surface area is 131 Å². The molecular weight excluding hydrogens is 298 g/mol. The number of rotatable bonds is 5. The summed E-state index contributed by atoms with van der Waals surface area (Å²) in [6, 6.07) is 7.41. The molecule has 0 radical (unpaired) electrons. The third-order valence-corrected chi connectivity index (χ3v) is 3.10. The molecule has 0 aliphatic heterocycles. The van der Waals surface area contributed by atoms with Gasteiger partial charge in [-0.15, -0.1) is 5.10 Å². The highest BCUT2D eigenvalue weighted by molar-refractivity contribution is 5.73. The summed E-state index contributed by atoms with van der Waals surface area (Å²) < 4.78 is 10.6. The van der Waals surface area contributed by atoms with Crippen molar-refractivity contribution in [3.05, 3.63) is 34.6 Å². The molecule has 8 nitrogen and oxygen atoms in total. The van der Waals surface area contributed by atoms with Crippen LogP contribution in [0.5, 0.6) is 11.8 Å². The lowest BCUT2D eigenvalue weighted by Gasteiger charge is -2.10. The molecule has 0 saturated heterocycles. The van der Waals surface area contributed by atoms with Gasteiger partial charge in [-0.1, -0.05) is 24.2 Å². The Hall–Kier alpha value is -3.03. The topological polar surface area (TPSA) is 103 Å². The summed E-state index contributed by atoms with van der Waals surface area (Å²) in [5, 5.41) is 7.46. The van der Waals surface area contributed by atoms with Gasteiger partial charge in [0.25, 0.3) is 5.56 Å². The molecule has 0 amide bonds. The molecule has 0 spiro atoms. The van der Waals surface area contributed by atoms with Crippen molar-refractivity contribution in [1.82, 2.24) is 25.1 Å². The van der Waals surface area contributed by atoms with E-state index in [-0.39, 0.29) is 17.2 Å². The van der Waals surface area contributed by atoms with Crippen molar-refractivity contribution < 1.29 is 9.47 Å². The second-order valence-electron chi connectivity index (χ2n) is 4.73. The number of aromatic amines is 1. The number of methoxy groups -OCH3 is 1. The minimum atomic E-state index is -0.419. The van der Waals surface area contributed by atoms with Gasteiger partial charge in [-0.3, -0.25) is 4.79 Å². The lowest BCUT2D eigenvalue weighted by molar-refractivity contribution is 0.318. The van der Waals surface area contributed by atoms with E-state index in [2.05, 4.69) is 25.1 Å². The smallest absolute Gasteiger partial charge is 0.337 e. The molecule has 2 aromatic heterocycles. The number of hydrogen-bond donors (Lipinski definition) is 1. The zero-order chi connectivity index (χ0) is 16.2. The van der Waals surface area contributed by atoms with Crippen molar-refractivity contribution in [2.24, 2.45) is 0 Å². The number of aromatic nitrogens is 5. The molecule has 8 heteroatoms. The second kappa shape index (κ2) is 6.39. The summed E-state index contributed by atoms with van der Waals surface area (Å²) in [7, 11) is 1.42. The molecule has 1 N–H and O–H groups in total. The van der Waals surface area contributed by atoms with Gasteiger partial charge in [0.05, 0.1) is 19.3 Å². The fourth-order valence-electron chi connectivity index (χ4n) is 2.04. The van der Waals surface area contributed by atoms with Gasteiger partial charge in [0, 0.05) is 0 Å². The monoisotopic (exact) mass is 313 g/mol. The molecule has 0 saturated carbocycles. The van der Waals surface area contributed by atoms with Crippen LogP contribution in [0.2, 0.25) is 0 Å². The van der Waals surface area contributed by atoms with E-state index >= 15 is 0 Å². The number of H-pyrrole nitrogens is 1. The number of nitrogens with zero attached hydrogens (tertiary/aromatic N) is 4. The van der Waals surface area contributed by atoms with Crippen LogP contribution in [0.4, 0.5) is 0 Å². The normalized spacial score (nSPS) is 10.7. The van der Waals surface area contributed by atoms with Crippen LogP contribution < -0.4 is 15.0 Å². The highest BCUT2D eigenvalue weighted by Gasteiger charge is 2.13. The quantitative estimate of drug-likeness (QED) is 0.762. The minimum Gasteiger partial charge on any atom is -0.493 e. The van der Waals surface area contributed by atoms with E-state index in [1.165, 1.54) is 7.11 Å². The summed E-state index contributed by atoms with van der Waals surface area (Å²) in [4.78, 5) is 23.3. The Morgan fingerprint density at radius 2 is 2.00 bits per heavy atom. The Bertz CT molecular complexity index is 894. The molecule has 0 bridgehead atoms. The van der Waals surface area contributed by atoms with E-state index in [4.69, 9.17) is 9.47 Å². The summed E-state index contributed by atoms with van der Waals surface area (Å²) >= 11 is 0. The van der Waals surface area contributed by atoms with E-state index in [9.17, 15) is 4.79 Å². The number of para-hydroxylation sites is 1. The standard InChI is InChI=1S/C15H15N5O3/c1-3-8-23-10-7-5-4-6-9(10)12-16-13-11(14(21)17-12)19-20-15(18-13)22-2/h4-7H,3,8H2,1-2H3,(H,16,17,18,20,21). The maximum atomic E-state index is 12.2. The first-order valence-electron chi connectivity index (χ1n) is 7.14. The second-order valence-corrected chi connectivity index (χ2v) is 4.73. The van der Waals surface area contributed by atoms with E-state index in [0.29, 0.717) is 23.7 Å². The molecule has 118 valence electrons. The van der Waals surface area contributed by atoms with Crippen LogP contribution in [0.1, 0.15) is 13.3 Å². The third kappa shape index (κ3) is 2.96. The lowest BCUT2D eigenvalue weighted by Crippen LogP contribution is -2.13. The van der Waals surface area contributed by atoms with Gasteiger partial charge >= 0.3 is 6.01 Å². The molecule has 0 aliphatic carbocycles.